The molecule has 1 rings (SSSR count). The summed E-state index contributed by atoms with van der Waals surface area (Å²) in [5, 5.41) is 11.8. The summed E-state index contributed by atoms with van der Waals surface area (Å²) in [7, 11) is 1.82. The highest BCUT2D eigenvalue weighted by Crippen LogP contribution is 2.19. The van der Waals surface area contributed by atoms with Gasteiger partial charge in [0.2, 0.25) is 0 Å². The zero-order valence-electron chi connectivity index (χ0n) is 8.01. The summed E-state index contributed by atoms with van der Waals surface area (Å²) >= 11 is 0. The average molecular weight is 179 g/mol. The lowest BCUT2D eigenvalue weighted by atomic mass is 10.0. The van der Waals surface area contributed by atoms with Crippen LogP contribution in [0.15, 0.2) is 12.1 Å². The SMILES string of the molecule is CNc1cc(C)c(C(=O)O)cc1C. The first-order chi connectivity index (χ1) is 6.06. The minimum Gasteiger partial charge on any atom is -0.478 e. The number of nitrogens with one attached hydrogen (secondary N) is 1. The minimum atomic E-state index is -0.872. The van der Waals surface area contributed by atoms with Gasteiger partial charge in [0.1, 0.15) is 0 Å². The molecule has 3 nitrogen and oxygen atoms in total. The fourth-order valence-corrected chi connectivity index (χ4v) is 1.32. The predicted molar refractivity (Wildman–Crippen MR) is 52.4 cm³/mol. The van der Waals surface area contributed by atoms with Gasteiger partial charge in [0, 0.05) is 12.7 Å². The number of hydrogen-bond donors (Lipinski definition) is 2. The Morgan fingerprint density at radius 3 is 2.38 bits per heavy atom. The minimum absolute atomic E-state index is 0.372. The van der Waals surface area contributed by atoms with Gasteiger partial charge in [-0.2, -0.15) is 0 Å². The Kier molecular flexibility index (Phi) is 2.56. The van der Waals surface area contributed by atoms with Crippen molar-refractivity contribution in [3.05, 3.63) is 28.8 Å². The molecule has 0 radical (unpaired) electrons. The van der Waals surface area contributed by atoms with Crippen LogP contribution in [0.2, 0.25) is 0 Å². The van der Waals surface area contributed by atoms with Crippen molar-refractivity contribution in [3.8, 4) is 0 Å². The number of anilines is 1. The molecule has 0 aliphatic heterocycles. The number of carboxylic acids is 1. The van der Waals surface area contributed by atoms with Crippen molar-refractivity contribution < 1.29 is 9.90 Å². The molecule has 3 heteroatoms. The molecule has 0 heterocycles. The Morgan fingerprint density at radius 2 is 1.92 bits per heavy atom. The van der Waals surface area contributed by atoms with Gasteiger partial charge in [0.25, 0.3) is 0 Å². The maximum Gasteiger partial charge on any atom is 0.335 e. The van der Waals surface area contributed by atoms with Crippen LogP contribution >= 0.6 is 0 Å². The molecule has 0 bridgehead atoms. The lowest BCUT2D eigenvalue weighted by molar-refractivity contribution is 0.0696. The number of rotatable bonds is 2. The quantitative estimate of drug-likeness (QED) is 0.730. The van der Waals surface area contributed by atoms with E-state index in [-0.39, 0.29) is 0 Å². The van der Waals surface area contributed by atoms with Gasteiger partial charge in [-0.15, -0.1) is 0 Å². The van der Waals surface area contributed by atoms with Crippen LogP contribution in [0.5, 0.6) is 0 Å². The van der Waals surface area contributed by atoms with E-state index in [4.69, 9.17) is 5.11 Å². The number of aryl methyl sites for hydroxylation is 2. The Hall–Kier alpha value is -1.51. The van der Waals surface area contributed by atoms with Crippen molar-refractivity contribution in [2.75, 3.05) is 12.4 Å². The fourth-order valence-electron chi connectivity index (χ4n) is 1.32. The molecule has 13 heavy (non-hydrogen) atoms. The Labute approximate surface area is 77.4 Å². The summed E-state index contributed by atoms with van der Waals surface area (Å²) in [4.78, 5) is 10.8. The average Bonchev–Trinajstić information content (AvgIpc) is 2.07. The van der Waals surface area contributed by atoms with Crippen LogP contribution in [0, 0.1) is 13.8 Å². The maximum atomic E-state index is 10.8. The topological polar surface area (TPSA) is 49.3 Å². The normalized spacial score (nSPS) is 9.77. The molecule has 0 unspecified atom stereocenters. The molecule has 0 fully saturated rings. The molecule has 0 atom stereocenters. The van der Waals surface area contributed by atoms with Crippen molar-refractivity contribution in [2.45, 2.75) is 13.8 Å². The third kappa shape index (κ3) is 1.80. The van der Waals surface area contributed by atoms with Crippen LogP contribution in [0.4, 0.5) is 5.69 Å². The van der Waals surface area contributed by atoms with Gasteiger partial charge in [0.05, 0.1) is 5.56 Å². The van der Waals surface area contributed by atoms with Gasteiger partial charge < -0.3 is 10.4 Å². The van der Waals surface area contributed by atoms with E-state index in [1.165, 1.54) is 0 Å². The van der Waals surface area contributed by atoms with Crippen LogP contribution in [0.25, 0.3) is 0 Å². The molecule has 0 saturated heterocycles. The van der Waals surface area contributed by atoms with Gasteiger partial charge in [0.15, 0.2) is 0 Å². The van der Waals surface area contributed by atoms with Crippen LogP contribution in [-0.2, 0) is 0 Å². The molecule has 0 saturated carbocycles. The van der Waals surface area contributed by atoms with E-state index in [1.54, 1.807) is 13.0 Å². The Balaban J connectivity index is 3.28. The van der Waals surface area contributed by atoms with Crippen molar-refractivity contribution in [3.63, 3.8) is 0 Å². The number of carboxylic acid groups (broad SMARTS) is 1. The summed E-state index contributed by atoms with van der Waals surface area (Å²) in [6.45, 7) is 3.68. The largest absolute Gasteiger partial charge is 0.478 e. The van der Waals surface area contributed by atoms with Gasteiger partial charge in [-0.1, -0.05) is 0 Å². The maximum absolute atomic E-state index is 10.8. The fraction of sp³-hybridized carbons (Fsp3) is 0.300. The van der Waals surface area contributed by atoms with E-state index < -0.39 is 5.97 Å². The van der Waals surface area contributed by atoms with Crippen molar-refractivity contribution >= 4 is 11.7 Å². The van der Waals surface area contributed by atoms with Gasteiger partial charge in [-0.3, -0.25) is 0 Å². The molecule has 70 valence electrons. The first kappa shape index (κ1) is 9.58. The lowest BCUT2D eigenvalue weighted by Crippen LogP contribution is -2.02. The molecule has 1 aromatic carbocycles. The number of benzene rings is 1. The van der Waals surface area contributed by atoms with Crippen molar-refractivity contribution in [1.82, 2.24) is 0 Å². The second kappa shape index (κ2) is 3.47. The highest BCUT2D eigenvalue weighted by atomic mass is 16.4. The molecule has 0 aliphatic carbocycles. The van der Waals surface area contributed by atoms with E-state index >= 15 is 0 Å². The van der Waals surface area contributed by atoms with Crippen LogP contribution in [0.3, 0.4) is 0 Å². The zero-order valence-corrected chi connectivity index (χ0v) is 8.01. The van der Waals surface area contributed by atoms with E-state index in [0.717, 1.165) is 16.8 Å². The molecular formula is C10H13NO2. The smallest absolute Gasteiger partial charge is 0.335 e. The van der Waals surface area contributed by atoms with Crippen molar-refractivity contribution in [2.24, 2.45) is 0 Å². The second-order valence-corrected chi connectivity index (χ2v) is 3.04. The number of hydrogen-bond acceptors (Lipinski definition) is 2. The summed E-state index contributed by atoms with van der Waals surface area (Å²) in [5.74, 6) is -0.872. The van der Waals surface area contributed by atoms with Crippen molar-refractivity contribution in [1.29, 1.82) is 0 Å². The summed E-state index contributed by atoms with van der Waals surface area (Å²) in [6.07, 6.45) is 0. The van der Waals surface area contributed by atoms with Crippen LogP contribution < -0.4 is 5.32 Å². The second-order valence-electron chi connectivity index (χ2n) is 3.04. The third-order valence-corrected chi connectivity index (χ3v) is 2.07. The highest BCUT2D eigenvalue weighted by Gasteiger charge is 2.08. The molecule has 1 aromatic rings. The van der Waals surface area contributed by atoms with Gasteiger partial charge >= 0.3 is 5.97 Å². The summed E-state index contributed by atoms with van der Waals surface area (Å²) < 4.78 is 0. The Bertz CT molecular complexity index is 345. The first-order valence-electron chi connectivity index (χ1n) is 4.08. The standard InChI is InChI=1S/C10H13NO2/c1-6-5-9(11-3)7(2)4-8(6)10(12)13/h4-5,11H,1-3H3,(H,12,13). The van der Waals surface area contributed by atoms with Crippen LogP contribution in [0.1, 0.15) is 21.5 Å². The van der Waals surface area contributed by atoms with Gasteiger partial charge in [-0.25, -0.2) is 4.79 Å². The van der Waals surface area contributed by atoms with E-state index in [2.05, 4.69) is 5.32 Å². The molecule has 0 aliphatic rings. The number of aromatic carboxylic acids is 1. The summed E-state index contributed by atoms with van der Waals surface area (Å²) in [5.41, 5.74) is 3.08. The predicted octanol–water partition coefficient (Wildman–Crippen LogP) is 2.04. The molecular weight excluding hydrogens is 166 g/mol. The molecule has 0 aromatic heterocycles. The van der Waals surface area contributed by atoms with Crippen LogP contribution in [-0.4, -0.2) is 18.1 Å². The number of carbonyl (C=O) groups is 1. The monoisotopic (exact) mass is 179 g/mol. The molecule has 2 N–H and O–H groups in total. The zero-order chi connectivity index (χ0) is 10.0. The van der Waals surface area contributed by atoms with E-state index in [1.807, 2.05) is 20.0 Å². The molecule has 0 spiro atoms. The van der Waals surface area contributed by atoms with E-state index in [0.29, 0.717) is 5.56 Å². The van der Waals surface area contributed by atoms with E-state index in [9.17, 15) is 4.79 Å². The summed E-state index contributed by atoms with van der Waals surface area (Å²) in [6, 6.07) is 3.53. The van der Waals surface area contributed by atoms with Gasteiger partial charge in [-0.05, 0) is 37.1 Å². The molecule has 0 amide bonds. The lowest BCUT2D eigenvalue weighted by Gasteiger charge is -2.08. The third-order valence-electron chi connectivity index (χ3n) is 2.07. The first-order valence-corrected chi connectivity index (χ1v) is 4.08. The Morgan fingerprint density at radius 1 is 1.31 bits per heavy atom. The highest BCUT2D eigenvalue weighted by molar-refractivity contribution is 5.90.